The van der Waals surface area contributed by atoms with Crippen LogP contribution in [0.15, 0.2) is 30.6 Å². The zero-order chi connectivity index (χ0) is 14.4. The van der Waals surface area contributed by atoms with Crippen LogP contribution < -0.4 is 15.8 Å². The third-order valence-electron chi connectivity index (χ3n) is 2.66. The minimum Gasteiger partial charge on any atom is -0.508 e. The van der Waals surface area contributed by atoms with E-state index in [-0.39, 0.29) is 5.75 Å². The van der Waals surface area contributed by atoms with E-state index in [4.69, 9.17) is 10.5 Å². The second-order valence-corrected chi connectivity index (χ2v) is 4.33. The molecule has 1 aromatic carbocycles. The lowest BCUT2D eigenvalue weighted by molar-refractivity contribution is 0.305. The molecule has 0 unspecified atom stereocenters. The zero-order valence-electron chi connectivity index (χ0n) is 11.3. The Labute approximate surface area is 117 Å². The van der Waals surface area contributed by atoms with Gasteiger partial charge in [0.05, 0.1) is 6.61 Å². The molecule has 6 heteroatoms. The Morgan fingerprint density at radius 3 is 2.95 bits per heavy atom. The lowest BCUT2D eigenvalue weighted by atomic mass is 10.2. The van der Waals surface area contributed by atoms with E-state index in [0.29, 0.717) is 36.1 Å². The third-order valence-corrected chi connectivity index (χ3v) is 2.66. The Balaban J connectivity index is 2.01. The van der Waals surface area contributed by atoms with Crippen molar-refractivity contribution in [1.82, 2.24) is 9.97 Å². The summed E-state index contributed by atoms with van der Waals surface area (Å²) in [4.78, 5) is 8.12. The largest absolute Gasteiger partial charge is 0.508 e. The summed E-state index contributed by atoms with van der Waals surface area (Å²) in [7, 11) is 0. The van der Waals surface area contributed by atoms with Gasteiger partial charge < -0.3 is 20.9 Å². The summed E-state index contributed by atoms with van der Waals surface area (Å²) in [6.45, 7) is 3.07. The fourth-order valence-electron chi connectivity index (χ4n) is 1.65. The molecule has 0 radical (unpaired) electrons. The van der Waals surface area contributed by atoms with Crippen LogP contribution in [0.4, 0.5) is 11.5 Å². The molecule has 0 bridgehead atoms. The third kappa shape index (κ3) is 3.74. The molecule has 0 aliphatic heterocycles. The number of anilines is 2. The lowest BCUT2D eigenvalue weighted by Crippen LogP contribution is -2.04. The number of nitrogens with zero attached hydrogens (tertiary/aromatic N) is 2. The standard InChI is InChI=1S/C14H18N4O2/c1-2-5-20-14-7-13(17-9-18-14)16-8-10-6-11(15)3-4-12(10)19/h3-4,6-7,9,19H,2,5,8,15H2,1H3,(H,16,17,18). The van der Waals surface area contributed by atoms with E-state index < -0.39 is 0 Å². The van der Waals surface area contributed by atoms with Gasteiger partial charge in [-0.3, -0.25) is 0 Å². The van der Waals surface area contributed by atoms with Crippen LogP contribution in [0.25, 0.3) is 0 Å². The van der Waals surface area contributed by atoms with Gasteiger partial charge in [0, 0.05) is 23.9 Å². The molecular weight excluding hydrogens is 256 g/mol. The molecule has 0 aliphatic rings. The number of aromatic hydroxyl groups is 1. The second-order valence-electron chi connectivity index (χ2n) is 4.33. The van der Waals surface area contributed by atoms with Crippen LogP contribution in [0, 0.1) is 0 Å². The van der Waals surface area contributed by atoms with Crippen molar-refractivity contribution in [1.29, 1.82) is 0 Å². The number of hydrogen-bond acceptors (Lipinski definition) is 6. The van der Waals surface area contributed by atoms with Crippen molar-refractivity contribution in [3.05, 3.63) is 36.2 Å². The molecule has 1 aromatic heterocycles. The molecule has 0 atom stereocenters. The first kappa shape index (κ1) is 13.9. The highest BCUT2D eigenvalue weighted by atomic mass is 16.5. The van der Waals surface area contributed by atoms with Gasteiger partial charge in [-0.15, -0.1) is 0 Å². The Morgan fingerprint density at radius 1 is 1.30 bits per heavy atom. The number of rotatable bonds is 6. The first-order chi connectivity index (χ1) is 9.69. The van der Waals surface area contributed by atoms with Crippen molar-refractivity contribution in [2.75, 3.05) is 17.7 Å². The number of nitrogens with one attached hydrogen (secondary N) is 1. The van der Waals surface area contributed by atoms with E-state index in [0.717, 1.165) is 6.42 Å². The monoisotopic (exact) mass is 274 g/mol. The smallest absolute Gasteiger partial charge is 0.218 e. The highest BCUT2D eigenvalue weighted by Gasteiger charge is 2.03. The summed E-state index contributed by atoms with van der Waals surface area (Å²) in [5.41, 5.74) is 7.00. The number of nitrogens with two attached hydrogens (primary N) is 1. The first-order valence-corrected chi connectivity index (χ1v) is 6.45. The number of benzene rings is 1. The Morgan fingerprint density at radius 2 is 2.15 bits per heavy atom. The van der Waals surface area contributed by atoms with Gasteiger partial charge in [-0.1, -0.05) is 6.92 Å². The fraction of sp³-hybridized carbons (Fsp3) is 0.286. The van der Waals surface area contributed by atoms with Crippen molar-refractivity contribution in [2.45, 2.75) is 19.9 Å². The average Bonchev–Trinajstić information content (AvgIpc) is 2.46. The summed E-state index contributed by atoms with van der Waals surface area (Å²) in [5, 5.41) is 12.8. The molecule has 6 nitrogen and oxygen atoms in total. The molecule has 0 fully saturated rings. The molecule has 20 heavy (non-hydrogen) atoms. The van der Waals surface area contributed by atoms with Gasteiger partial charge in [-0.05, 0) is 24.6 Å². The van der Waals surface area contributed by atoms with Gasteiger partial charge >= 0.3 is 0 Å². The summed E-state index contributed by atoms with van der Waals surface area (Å²) < 4.78 is 5.43. The Bertz CT molecular complexity index is 575. The van der Waals surface area contributed by atoms with Gasteiger partial charge in [0.2, 0.25) is 5.88 Å². The molecule has 2 aromatic rings. The van der Waals surface area contributed by atoms with Crippen LogP contribution in [0.5, 0.6) is 11.6 Å². The van der Waals surface area contributed by atoms with Crippen LogP contribution in [-0.2, 0) is 6.54 Å². The average molecular weight is 274 g/mol. The molecule has 1 heterocycles. The van der Waals surface area contributed by atoms with Gasteiger partial charge in [0.25, 0.3) is 0 Å². The molecule has 4 N–H and O–H groups in total. The summed E-state index contributed by atoms with van der Waals surface area (Å²) in [6.07, 6.45) is 2.36. The first-order valence-electron chi connectivity index (χ1n) is 6.45. The molecule has 0 spiro atoms. The number of nitrogen functional groups attached to an aromatic ring is 1. The highest BCUT2D eigenvalue weighted by Crippen LogP contribution is 2.21. The van der Waals surface area contributed by atoms with E-state index >= 15 is 0 Å². The van der Waals surface area contributed by atoms with Gasteiger partial charge in [0.1, 0.15) is 17.9 Å². The molecule has 106 valence electrons. The van der Waals surface area contributed by atoms with Crippen LogP contribution in [0.1, 0.15) is 18.9 Å². The van der Waals surface area contributed by atoms with Gasteiger partial charge in [0.15, 0.2) is 0 Å². The van der Waals surface area contributed by atoms with Crippen molar-refractivity contribution in [3.8, 4) is 11.6 Å². The van der Waals surface area contributed by atoms with Crippen molar-refractivity contribution < 1.29 is 9.84 Å². The zero-order valence-corrected chi connectivity index (χ0v) is 11.3. The maximum atomic E-state index is 9.73. The molecule has 2 rings (SSSR count). The molecule has 0 amide bonds. The minimum absolute atomic E-state index is 0.197. The fourth-order valence-corrected chi connectivity index (χ4v) is 1.65. The SMILES string of the molecule is CCCOc1cc(NCc2cc(N)ccc2O)ncn1. The molecule has 0 saturated heterocycles. The number of phenolic OH excluding ortho intramolecular Hbond substituents is 1. The van der Waals surface area contributed by atoms with E-state index in [1.807, 2.05) is 6.92 Å². The van der Waals surface area contributed by atoms with Crippen molar-refractivity contribution >= 4 is 11.5 Å². The van der Waals surface area contributed by atoms with E-state index in [2.05, 4.69) is 15.3 Å². The summed E-state index contributed by atoms with van der Waals surface area (Å²) >= 11 is 0. The van der Waals surface area contributed by atoms with Crippen LogP contribution in [0.3, 0.4) is 0 Å². The summed E-state index contributed by atoms with van der Waals surface area (Å²) in [6, 6.07) is 6.67. The lowest BCUT2D eigenvalue weighted by Gasteiger charge is -2.09. The maximum Gasteiger partial charge on any atom is 0.218 e. The molecule has 0 saturated carbocycles. The topological polar surface area (TPSA) is 93.3 Å². The van der Waals surface area contributed by atoms with Crippen LogP contribution >= 0.6 is 0 Å². The summed E-state index contributed by atoms with van der Waals surface area (Å²) in [5.74, 6) is 1.36. The van der Waals surface area contributed by atoms with Crippen LogP contribution in [-0.4, -0.2) is 21.7 Å². The van der Waals surface area contributed by atoms with Crippen molar-refractivity contribution in [3.63, 3.8) is 0 Å². The Kier molecular flexibility index (Phi) is 4.60. The minimum atomic E-state index is 0.197. The highest BCUT2D eigenvalue weighted by molar-refractivity contribution is 5.49. The van der Waals surface area contributed by atoms with Gasteiger partial charge in [-0.2, -0.15) is 0 Å². The molecular formula is C14H18N4O2. The van der Waals surface area contributed by atoms with E-state index in [9.17, 15) is 5.11 Å². The van der Waals surface area contributed by atoms with Crippen LogP contribution in [0.2, 0.25) is 0 Å². The number of phenols is 1. The van der Waals surface area contributed by atoms with E-state index in [1.54, 1.807) is 24.3 Å². The number of ether oxygens (including phenoxy) is 1. The predicted molar refractivity (Wildman–Crippen MR) is 77.7 cm³/mol. The number of aromatic nitrogens is 2. The molecule has 0 aliphatic carbocycles. The normalized spacial score (nSPS) is 10.2. The quantitative estimate of drug-likeness (QED) is 0.552. The Hall–Kier alpha value is -2.50. The van der Waals surface area contributed by atoms with Gasteiger partial charge in [-0.25, -0.2) is 9.97 Å². The maximum absolute atomic E-state index is 9.73. The number of hydrogen-bond donors (Lipinski definition) is 3. The van der Waals surface area contributed by atoms with E-state index in [1.165, 1.54) is 6.33 Å². The second kappa shape index (κ2) is 6.60. The predicted octanol–water partition coefficient (Wildman–Crippen LogP) is 2.17. The van der Waals surface area contributed by atoms with Crippen molar-refractivity contribution in [2.24, 2.45) is 0 Å².